The summed E-state index contributed by atoms with van der Waals surface area (Å²) in [6, 6.07) is 17.9. The minimum Gasteiger partial charge on any atom is -0.325 e. The van der Waals surface area contributed by atoms with E-state index in [-0.39, 0.29) is 11.2 Å². The van der Waals surface area contributed by atoms with Crippen molar-refractivity contribution in [2.45, 2.75) is 43.5 Å². The molecule has 0 bridgehead atoms. The van der Waals surface area contributed by atoms with Gasteiger partial charge in [-0.15, -0.1) is 10.2 Å². The number of carbonyl (C=O) groups excluding carboxylic acids is 1. The van der Waals surface area contributed by atoms with E-state index in [1.807, 2.05) is 60.0 Å². The Bertz CT molecular complexity index is 894. The Morgan fingerprint density at radius 1 is 1.11 bits per heavy atom. The molecular formula is C21H24N4OS. The zero-order valence-corrected chi connectivity index (χ0v) is 16.6. The molecule has 0 saturated carbocycles. The Kier molecular flexibility index (Phi) is 6.29. The molecule has 5 nitrogen and oxygen atoms in total. The molecule has 3 aromatic rings. The van der Waals surface area contributed by atoms with Crippen LogP contribution in [0, 0.1) is 0 Å². The summed E-state index contributed by atoms with van der Waals surface area (Å²) in [6.45, 7) is 6.21. The van der Waals surface area contributed by atoms with Crippen molar-refractivity contribution in [2.24, 2.45) is 0 Å². The fourth-order valence-corrected chi connectivity index (χ4v) is 3.62. The summed E-state index contributed by atoms with van der Waals surface area (Å²) in [6.07, 6.45) is 2.69. The second-order valence-electron chi connectivity index (χ2n) is 6.46. The van der Waals surface area contributed by atoms with Gasteiger partial charge in [0, 0.05) is 11.4 Å². The summed E-state index contributed by atoms with van der Waals surface area (Å²) in [5.74, 6) is 0.351. The lowest BCUT2D eigenvalue weighted by Gasteiger charge is -2.17. The second kappa shape index (κ2) is 8.86. The molecule has 0 spiro atoms. The molecule has 2 unspecified atom stereocenters. The van der Waals surface area contributed by atoms with Gasteiger partial charge in [-0.2, -0.15) is 0 Å². The first kappa shape index (κ1) is 19.2. The van der Waals surface area contributed by atoms with Crippen molar-refractivity contribution in [1.29, 1.82) is 0 Å². The van der Waals surface area contributed by atoms with E-state index < -0.39 is 0 Å². The average molecular weight is 381 g/mol. The van der Waals surface area contributed by atoms with Crippen LogP contribution >= 0.6 is 11.8 Å². The number of thioether (sulfide) groups is 1. The standard InChI is InChI=1S/C21H24N4OS/c1-4-15(2)18-12-8-9-13-19(18)23-20(26)16(3)27-21-24-22-14-25(21)17-10-6-5-7-11-17/h5-16H,4H2,1-3H3,(H,23,26). The molecular weight excluding hydrogens is 356 g/mol. The number of nitrogens with zero attached hydrogens (tertiary/aromatic N) is 3. The number of hydrogen-bond acceptors (Lipinski definition) is 4. The van der Waals surface area contributed by atoms with Gasteiger partial charge in [-0.3, -0.25) is 9.36 Å². The Hall–Kier alpha value is -2.60. The molecule has 0 saturated heterocycles. The van der Waals surface area contributed by atoms with E-state index in [4.69, 9.17) is 0 Å². The van der Waals surface area contributed by atoms with Gasteiger partial charge >= 0.3 is 0 Å². The van der Waals surface area contributed by atoms with Crippen LogP contribution in [-0.2, 0) is 4.79 Å². The van der Waals surface area contributed by atoms with Crippen molar-refractivity contribution in [1.82, 2.24) is 14.8 Å². The zero-order chi connectivity index (χ0) is 19.2. The SMILES string of the molecule is CCC(C)c1ccccc1NC(=O)C(C)Sc1nncn1-c1ccccc1. The van der Waals surface area contributed by atoms with Crippen molar-refractivity contribution in [3.63, 3.8) is 0 Å². The maximum Gasteiger partial charge on any atom is 0.237 e. The molecule has 2 atom stereocenters. The molecule has 0 aliphatic heterocycles. The first-order valence-electron chi connectivity index (χ1n) is 9.12. The number of amides is 1. The smallest absolute Gasteiger partial charge is 0.237 e. The van der Waals surface area contributed by atoms with Gasteiger partial charge in [-0.05, 0) is 43.0 Å². The Balaban J connectivity index is 1.72. The molecule has 1 amide bonds. The molecule has 0 aliphatic rings. The number of nitrogens with one attached hydrogen (secondary N) is 1. The van der Waals surface area contributed by atoms with Crippen molar-refractivity contribution in [3.05, 3.63) is 66.5 Å². The topological polar surface area (TPSA) is 59.8 Å². The molecule has 6 heteroatoms. The largest absolute Gasteiger partial charge is 0.325 e. The molecule has 0 radical (unpaired) electrons. The first-order chi connectivity index (χ1) is 13.1. The van der Waals surface area contributed by atoms with E-state index in [0.717, 1.165) is 23.4 Å². The van der Waals surface area contributed by atoms with E-state index in [1.54, 1.807) is 6.33 Å². The van der Waals surface area contributed by atoms with Crippen molar-refractivity contribution in [3.8, 4) is 5.69 Å². The molecule has 1 heterocycles. The minimum atomic E-state index is -0.304. The molecule has 140 valence electrons. The number of aromatic nitrogens is 3. The van der Waals surface area contributed by atoms with E-state index in [2.05, 4.69) is 35.4 Å². The number of para-hydroxylation sites is 2. The number of benzene rings is 2. The third-order valence-electron chi connectivity index (χ3n) is 4.56. The molecule has 3 rings (SSSR count). The normalized spacial score (nSPS) is 13.1. The highest BCUT2D eigenvalue weighted by Gasteiger charge is 2.20. The van der Waals surface area contributed by atoms with Gasteiger partial charge in [0.05, 0.1) is 5.25 Å². The summed E-state index contributed by atoms with van der Waals surface area (Å²) >= 11 is 1.40. The predicted molar refractivity (Wildman–Crippen MR) is 110 cm³/mol. The van der Waals surface area contributed by atoms with Crippen LogP contribution < -0.4 is 5.32 Å². The van der Waals surface area contributed by atoms with Gasteiger partial charge in [0.1, 0.15) is 6.33 Å². The first-order valence-corrected chi connectivity index (χ1v) is 10.00. The fraction of sp³-hybridized carbons (Fsp3) is 0.286. The molecule has 0 aliphatic carbocycles. The zero-order valence-electron chi connectivity index (χ0n) is 15.8. The lowest BCUT2D eigenvalue weighted by Crippen LogP contribution is -2.23. The third kappa shape index (κ3) is 4.57. The highest BCUT2D eigenvalue weighted by molar-refractivity contribution is 8.00. The van der Waals surface area contributed by atoms with E-state index >= 15 is 0 Å². The van der Waals surface area contributed by atoms with Gasteiger partial charge < -0.3 is 5.32 Å². The highest BCUT2D eigenvalue weighted by Crippen LogP contribution is 2.28. The monoisotopic (exact) mass is 380 g/mol. The van der Waals surface area contributed by atoms with Crippen LogP contribution in [0.15, 0.2) is 66.1 Å². The van der Waals surface area contributed by atoms with E-state index in [1.165, 1.54) is 11.8 Å². The predicted octanol–water partition coefficient (Wildman–Crippen LogP) is 4.90. The summed E-state index contributed by atoms with van der Waals surface area (Å²) < 4.78 is 1.89. The fourth-order valence-electron chi connectivity index (χ4n) is 2.78. The van der Waals surface area contributed by atoms with Crippen molar-refractivity contribution in [2.75, 3.05) is 5.32 Å². The van der Waals surface area contributed by atoms with Crippen LogP contribution in [0.25, 0.3) is 5.69 Å². The van der Waals surface area contributed by atoms with Gasteiger partial charge in [0.2, 0.25) is 5.91 Å². The van der Waals surface area contributed by atoms with Crippen LogP contribution in [0.1, 0.15) is 38.7 Å². The Labute approximate surface area is 164 Å². The van der Waals surface area contributed by atoms with Crippen LogP contribution in [-0.4, -0.2) is 25.9 Å². The minimum absolute atomic E-state index is 0.0432. The van der Waals surface area contributed by atoms with Gasteiger partial charge in [-0.25, -0.2) is 0 Å². The van der Waals surface area contributed by atoms with E-state index in [9.17, 15) is 4.79 Å². The Morgan fingerprint density at radius 3 is 2.56 bits per heavy atom. The lowest BCUT2D eigenvalue weighted by molar-refractivity contribution is -0.115. The number of carbonyl (C=O) groups is 1. The number of hydrogen-bond donors (Lipinski definition) is 1. The number of rotatable bonds is 7. The molecule has 1 N–H and O–H groups in total. The lowest BCUT2D eigenvalue weighted by atomic mass is 9.97. The van der Waals surface area contributed by atoms with Crippen LogP contribution in [0.3, 0.4) is 0 Å². The molecule has 2 aromatic carbocycles. The van der Waals surface area contributed by atoms with Crippen LogP contribution in [0.4, 0.5) is 5.69 Å². The quantitative estimate of drug-likeness (QED) is 0.592. The van der Waals surface area contributed by atoms with Crippen molar-refractivity contribution < 1.29 is 4.79 Å². The second-order valence-corrected chi connectivity index (χ2v) is 7.77. The summed E-state index contributed by atoms with van der Waals surface area (Å²) in [7, 11) is 0. The van der Waals surface area contributed by atoms with E-state index in [0.29, 0.717) is 11.1 Å². The van der Waals surface area contributed by atoms with Crippen LogP contribution in [0.2, 0.25) is 0 Å². The summed E-state index contributed by atoms with van der Waals surface area (Å²) in [4.78, 5) is 12.8. The number of anilines is 1. The van der Waals surface area contributed by atoms with Gasteiger partial charge in [0.25, 0.3) is 0 Å². The molecule has 0 fully saturated rings. The van der Waals surface area contributed by atoms with Gasteiger partial charge in [-0.1, -0.05) is 62.0 Å². The summed E-state index contributed by atoms with van der Waals surface area (Å²) in [5, 5.41) is 11.7. The maximum absolute atomic E-state index is 12.8. The average Bonchev–Trinajstić information content (AvgIpc) is 3.16. The highest BCUT2D eigenvalue weighted by atomic mass is 32.2. The molecule has 1 aromatic heterocycles. The third-order valence-corrected chi connectivity index (χ3v) is 5.62. The molecule has 27 heavy (non-hydrogen) atoms. The summed E-state index contributed by atoms with van der Waals surface area (Å²) in [5.41, 5.74) is 3.02. The maximum atomic E-state index is 12.8. The van der Waals surface area contributed by atoms with Gasteiger partial charge in [0.15, 0.2) is 5.16 Å². The van der Waals surface area contributed by atoms with Crippen LogP contribution in [0.5, 0.6) is 0 Å². The Morgan fingerprint density at radius 2 is 1.81 bits per heavy atom. The van der Waals surface area contributed by atoms with Crippen molar-refractivity contribution >= 4 is 23.4 Å².